The SMILES string of the molecule is CCC[C@]1(N)CCc2ccccc21. The van der Waals surface area contributed by atoms with Crippen molar-refractivity contribution in [2.24, 2.45) is 5.73 Å². The normalized spacial score (nSPS) is 26.0. The fourth-order valence-corrected chi connectivity index (χ4v) is 2.42. The van der Waals surface area contributed by atoms with Gasteiger partial charge in [-0.3, -0.25) is 0 Å². The minimum Gasteiger partial charge on any atom is -0.321 e. The van der Waals surface area contributed by atoms with Crippen LogP contribution in [-0.4, -0.2) is 0 Å². The van der Waals surface area contributed by atoms with Gasteiger partial charge in [0, 0.05) is 5.54 Å². The van der Waals surface area contributed by atoms with Gasteiger partial charge in [-0.25, -0.2) is 0 Å². The van der Waals surface area contributed by atoms with E-state index in [2.05, 4.69) is 31.2 Å². The van der Waals surface area contributed by atoms with E-state index >= 15 is 0 Å². The Labute approximate surface area is 80.0 Å². The quantitative estimate of drug-likeness (QED) is 0.734. The van der Waals surface area contributed by atoms with Crippen molar-refractivity contribution >= 4 is 0 Å². The van der Waals surface area contributed by atoms with Crippen LogP contribution in [0.3, 0.4) is 0 Å². The highest BCUT2D eigenvalue weighted by Crippen LogP contribution is 2.37. The first-order chi connectivity index (χ1) is 6.26. The number of rotatable bonds is 2. The van der Waals surface area contributed by atoms with Gasteiger partial charge in [0.15, 0.2) is 0 Å². The summed E-state index contributed by atoms with van der Waals surface area (Å²) < 4.78 is 0. The number of hydrogen-bond acceptors (Lipinski definition) is 1. The molecule has 0 spiro atoms. The van der Waals surface area contributed by atoms with Gasteiger partial charge < -0.3 is 5.73 Å². The molecule has 70 valence electrons. The molecule has 0 fully saturated rings. The molecule has 0 radical (unpaired) electrons. The summed E-state index contributed by atoms with van der Waals surface area (Å²) in [5, 5.41) is 0. The molecule has 2 N–H and O–H groups in total. The van der Waals surface area contributed by atoms with Crippen LogP contribution in [-0.2, 0) is 12.0 Å². The zero-order valence-corrected chi connectivity index (χ0v) is 8.22. The maximum absolute atomic E-state index is 6.38. The molecule has 0 saturated heterocycles. The van der Waals surface area contributed by atoms with Gasteiger partial charge in [0.05, 0.1) is 0 Å². The van der Waals surface area contributed by atoms with Gasteiger partial charge in [-0.1, -0.05) is 37.6 Å². The summed E-state index contributed by atoms with van der Waals surface area (Å²) in [6.45, 7) is 2.20. The lowest BCUT2D eigenvalue weighted by Gasteiger charge is -2.24. The second-order valence-electron chi connectivity index (χ2n) is 4.06. The molecule has 1 aromatic carbocycles. The van der Waals surface area contributed by atoms with Crippen molar-refractivity contribution in [3.8, 4) is 0 Å². The molecule has 0 aliphatic heterocycles. The molecule has 2 rings (SSSR count). The minimum atomic E-state index is -0.0225. The van der Waals surface area contributed by atoms with E-state index in [9.17, 15) is 0 Å². The molecule has 1 aromatic rings. The Morgan fingerprint density at radius 2 is 2.15 bits per heavy atom. The highest BCUT2D eigenvalue weighted by molar-refractivity contribution is 5.38. The molecule has 13 heavy (non-hydrogen) atoms. The van der Waals surface area contributed by atoms with Crippen molar-refractivity contribution < 1.29 is 0 Å². The Hall–Kier alpha value is -0.820. The highest BCUT2D eigenvalue weighted by atomic mass is 14.8. The van der Waals surface area contributed by atoms with Crippen LogP contribution < -0.4 is 5.73 Å². The van der Waals surface area contributed by atoms with Gasteiger partial charge in [0.25, 0.3) is 0 Å². The third-order valence-electron chi connectivity index (χ3n) is 3.09. The first-order valence-corrected chi connectivity index (χ1v) is 5.13. The van der Waals surface area contributed by atoms with Gasteiger partial charge in [0.2, 0.25) is 0 Å². The lowest BCUT2D eigenvalue weighted by molar-refractivity contribution is 0.402. The van der Waals surface area contributed by atoms with Crippen LogP contribution in [0.4, 0.5) is 0 Å². The van der Waals surface area contributed by atoms with Gasteiger partial charge in [-0.15, -0.1) is 0 Å². The van der Waals surface area contributed by atoms with Crippen LogP contribution >= 0.6 is 0 Å². The van der Waals surface area contributed by atoms with Gasteiger partial charge in [-0.05, 0) is 30.4 Å². The summed E-state index contributed by atoms with van der Waals surface area (Å²) in [5.41, 5.74) is 9.20. The van der Waals surface area contributed by atoms with Gasteiger partial charge in [-0.2, -0.15) is 0 Å². The molecule has 0 amide bonds. The Bertz CT molecular complexity index is 302. The Morgan fingerprint density at radius 3 is 2.92 bits per heavy atom. The second kappa shape index (κ2) is 3.15. The summed E-state index contributed by atoms with van der Waals surface area (Å²) >= 11 is 0. The van der Waals surface area contributed by atoms with E-state index < -0.39 is 0 Å². The standard InChI is InChI=1S/C12H17N/c1-2-8-12(13)9-7-10-5-3-4-6-11(10)12/h3-6H,2,7-9,13H2,1H3/t12-/m0/s1. The van der Waals surface area contributed by atoms with E-state index in [1.54, 1.807) is 0 Å². The zero-order chi connectivity index (χ0) is 9.31. The smallest absolute Gasteiger partial charge is 0.0415 e. The number of nitrogens with two attached hydrogens (primary N) is 1. The molecule has 0 aromatic heterocycles. The third-order valence-corrected chi connectivity index (χ3v) is 3.09. The van der Waals surface area contributed by atoms with Gasteiger partial charge >= 0.3 is 0 Å². The molecule has 0 heterocycles. The van der Waals surface area contributed by atoms with E-state index in [4.69, 9.17) is 5.73 Å². The molecular formula is C12H17N. The topological polar surface area (TPSA) is 26.0 Å². The molecule has 0 bridgehead atoms. The lowest BCUT2D eigenvalue weighted by Crippen LogP contribution is -2.33. The van der Waals surface area contributed by atoms with Crippen molar-refractivity contribution in [3.05, 3.63) is 35.4 Å². The van der Waals surface area contributed by atoms with E-state index in [0.29, 0.717) is 0 Å². The zero-order valence-electron chi connectivity index (χ0n) is 8.22. The lowest BCUT2D eigenvalue weighted by atomic mass is 9.88. The highest BCUT2D eigenvalue weighted by Gasteiger charge is 2.33. The molecule has 0 unspecified atom stereocenters. The van der Waals surface area contributed by atoms with Crippen LogP contribution in [0.1, 0.15) is 37.3 Å². The van der Waals surface area contributed by atoms with Gasteiger partial charge in [0.1, 0.15) is 0 Å². The van der Waals surface area contributed by atoms with Crippen LogP contribution in [0.15, 0.2) is 24.3 Å². The van der Waals surface area contributed by atoms with Crippen molar-refractivity contribution in [1.29, 1.82) is 0 Å². The minimum absolute atomic E-state index is 0.0225. The predicted octanol–water partition coefficient (Wildman–Crippen LogP) is 2.59. The molecule has 1 atom stereocenters. The third kappa shape index (κ3) is 1.37. The Morgan fingerprint density at radius 1 is 1.38 bits per heavy atom. The first kappa shape index (κ1) is 8.76. The molecule has 1 aliphatic rings. The number of fused-ring (bicyclic) bond motifs is 1. The van der Waals surface area contributed by atoms with E-state index in [0.717, 1.165) is 19.3 Å². The van der Waals surface area contributed by atoms with Crippen LogP contribution in [0.5, 0.6) is 0 Å². The second-order valence-corrected chi connectivity index (χ2v) is 4.06. The summed E-state index contributed by atoms with van der Waals surface area (Å²) in [6, 6.07) is 8.61. The number of benzene rings is 1. The summed E-state index contributed by atoms with van der Waals surface area (Å²) in [7, 11) is 0. The average molecular weight is 175 g/mol. The summed E-state index contributed by atoms with van der Waals surface area (Å²) in [5.74, 6) is 0. The number of aryl methyl sites for hydroxylation is 1. The van der Waals surface area contributed by atoms with Crippen molar-refractivity contribution in [2.45, 2.75) is 38.1 Å². The molecule has 0 saturated carbocycles. The van der Waals surface area contributed by atoms with Crippen molar-refractivity contribution in [2.75, 3.05) is 0 Å². The number of hydrogen-bond donors (Lipinski definition) is 1. The maximum atomic E-state index is 6.38. The Kier molecular flexibility index (Phi) is 2.12. The molecule has 1 heteroatoms. The van der Waals surface area contributed by atoms with Crippen LogP contribution in [0.2, 0.25) is 0 Å². The molecule has 1 nitrogen and oxygen atoms in total. The fourth-order valence-electron chi connectivity index (χ4n) is 2.42. The Balaban J connectivity index is 2.37. The van der Waals surface area contributed by atoms with Crippen LogP contribution in [0, 0.1) is 0 Å². The fraction of sp³-hybridized carbons (Fsp3) is 0.500. The van der Waals surface area contributed by atoms with E-state index in [1.165, 1.54) is 17.5 Å². The van der Waals surface area contributed by atoms with E-state index in [-0.39, 0.29) is 5.54 Å². The molecule has 1 aliphatic carbocycles. The van der Waals surface area contributed by atoms with Crippen molar-refractivity contribution in [1.82, 2.24) is 0 Å². The van der Waals surface area contributed by atoms with E-state index in [1.807, 2.05) is 0 Å². The maximum Gasteiger partial charge on any atom is 0.0415 e. The first-order valence-electron chi connectivity index (χ1n) is 5.13. The summed E-state index contributed by atoms with van der Waals surface area (Å²) in [6.07, 6.45) is 4.57. The molecular weight excluding hydrogens is 158 g/mol. The predicted molar refractivity (Wildman–Crippen MR) is 55.5 cm³/mol. The largest absolute Gasteiger partial charge is 0.321 e. The average Bonchev–Trinajstić information content (AvgIpc) is 2.46. The van der Waals surface area contributed by atoms with Crippen LogP contribution in [0.25, 0.3) is 0 Å². The van der Waals surface area contributed by atoms with Crippen molar-refractivity contribution in [3.63, 3.8) is 0 Å². The monoisotopic (exact) mass is 175 g/mol. The summed E-state index contributed by atoms with van der Waals surface area (Å²) in [4.78, 5) is 0.